The van der Waals surface area contributed by atoms with Crippen LogP contribution in [-0.4, -0.2) is 26.8 Å². The first kappa shape index (κ1) is 7.88. The fraction of sp³-hybridized carbons (Fsp3) is 1.00. The average Bonchev–Trinajstić information content (AvgIpc) is 1.81. The molecule has 3 nitrogen and oxygen atoms in total. The van der Waals surface area contributed by atoms with Gasteiger partial charge in [-0.25, -0.2) is 0 Å². The first-order chi connectivity index (χ1) is 3.91. The zero-order valence-corrected chi connectivity index (χ0v) is 5.41. The van der Waals surface area contributed by atoms with E-state index in [1.165, 1.54) is 0 Å². The molecule has 0 fully saturated rings. The summed E-state index contributed by atoms with van der Waals surface area (Å²) in [6, 6.07) is 0. The molecule has 0 aromatic heterocycles. The first-order valence-corrected chi connectivity index (χ1v) is 2.97. The predicted octanol–water partition coefficient (Wildman–Crippen LogP) is -0.898. The van der Waals surface area contributed by atoms with Gasteiger partial charge in [-0.05, 0) is 26.6 Å². The van der Waals surface area contributed by atoms with Gasteiger partial charge in [0.05, 0.1) is 0 Å². The van der Waals surface area contributed by atoms with Crippen molar-refractivity contribution >= 4 is 0 Å². The Morgan fingerprint density at radius 3 is 2.62 bits per heavy atom. The van der Waals surface area contributed by atoms with Crippen molar-refractivity contribution in [3.63, 3.8) is 0 Å². The molecule has 0 rings (SSSR count). The van der Waals surface area contributed by atoms with Crippen LogP contribution < -0.4 is 16.4 Å². The second-order valence-corrected chi connectivity index (χ2v) is 1.66. The van der Waals surface area contributed by atoms with Crippen molar-refractivity contribution in [2.45, 2.75) is 6.42 Å². The predicted molar refractivity (Wildman–Crippen MR) is 35.6 cm³/mol. The van der Waals surface area contributed by atoms with Crippen LogP contribution >= 0.6 is 0 Å². The topological polar surface area (TPSA) is 50.1 Å². The van der Waals surface area contributed by atoms with E-state index in [4.69, 9.17) is 5.73 Å². The van der Waals surface area contributed by atoms with Crippen LogP contribution in [0.5, 0.6) is 0 Å². The minimum atomic E-state index is 0.587. The van der Waals surface area contributed by atoms with E-state index in [0.29, 0.717) is 6.67 Å². The average molecular weight is 117 g/mol. The summed E-state index contributed by atoms with van der Waals surface area (Å²) in [5.74, 6) is 0. The molecule has 0 aliphatic rings. The van der Waals surface area contributed by atoms with Gasteiger partial charge in [0, 0.05) is 6.67 Å². The first-order valence-electron chi connectivity index (χ1n) is 2.97. The van der Waals surface area contributed by atoms with Crippen molar-refractivity contribution in [1.82, 2.24) is 10.6 Å². The monoisotopic (exact) mass is 117 g/mol. The number of hydrogen-bond donors (Lipinski definition) is 3. The Morgan fingerprint density at radius 1 is 1.38 bits per heavy atom. The third-order valence-corrected chi connectivity index (χ3v) is 0.925. The van der Waals surface area contributed by atoms with Crippen molar-refractivity contribution in [3.05, 3.63) is 0 Å². The highest BCUT2D eigenvalue weighted by molar-refractivity contribution is 4.44. The van der Waals surface area contributed by atoms with Crippen LogP contribution in [-0.2, 0) is 0 Å². The van der Waals surface area contributed by atoms with Gasteiger partial charge in [-0.2, -0.15) is 0 Å². The van der Waals surface area contributed by atoms with E-state index in [-0.39, 0.29) is 0 Å². The fourth-order valence-electron chi connectivity index (χ4n) is 0.492. The molecular weight excluding hydrogens is 102 g/mol. The van der Waals surface area contributed by atoms with E-state index >= 15 is 0 Å². The molecule has 0 aliphatic carbocycles. The maximum absolute atomic E-state index is 5.18. The van der Waals surface area contributed by atoms with Crippen molar-refractivity contribution < 1.29 is 0 Å². The van der Waals surface area contributed by atoms with Crippen molar-refractivity contribution in [2.75, 3.05) is 26.8 Å². The van der Waals surface area contributed by atoms with E-state index < -0.39 is 0 Å². The maximum atomic E-state index is 5.18. The number of nitrogens with two attached hydrogens (primary N) is 1. The lowest BCUT2D eigenvalue weighted by molar-refractivity contribution is 0.634. The Bertz CT molecular complexity index is 32.7. The van der Waals surface area contributed by atoms with Gasteiger partial charge in [-0.3, -0.25) is 0 Å². The van der Waals surface area contributed by atoms with Gasteiger partial charge in [-0.1, -0.05) is 0 Å². The molecule has 4 N–H and O–H groups in total. The molecule has 0 aliphatic heterocycles. The van der Waals surface area contributed by atoms with Gasteiger partial charge < -0.3 is 16.4 Å². The summed E-state index contributed by atoms with van der Waals surface area (Å²) < 4.78 is 0. The lowest BCUT2D eigenvalue weighted by atomic mass is 10.4. The molecule has 0 atom stereocenters. The Balaban J connectivity index is 2.53. The van der Waals surface area contributed by atoms with Crippen LogP contribution in [0.1, 0.15) is 6.42 Å². The van der Waals surface area contributed by atoms with Crippen LogP contribution in [0.4, 0.5) is 0 Å². The van der Waals surface area contributed by atoms with Crippen LogP contribution in [0, 0.1) is 0 Å². The minimum absolute atomic E-state index is 0.587. The van der Waals surface area contributed by atoms with E-state index in [1.54, 1.807) is 0 Å². The molecule has 0 spiro atoms. The van der Waals surface area contributed by atoms with E-state index in [9.17, 15) is 0 Å². The van der Waals surface area contributed by atoms with Gasteiger partial charge in [0.1, 0.15) is 0 Å². The minimum Gasteiger partial charge on any atom is -0.320 e. The van der Waals surface area contributed by atoms with Gasteiger partial charge in [0.25, 0.3) is 0 Å². The molecular formula is C5H15N3. The van der Waals surface area contributed by atoms with Gasteiger partial charge >= 0.3 is 0 Å². The quantitative estimate of drug-likeness (QED) is 0.323. The largest absolute Gasteiger partial charge is 0.320 e. The maximum Gasteiger partial charge on any atom is 0.0428 e. The van der Waals surface area contributed by atoms with Crippen LogP contribution in [0.3, 0.4) is 0 Å². The second kappa shape index (κ2) is 6.88. The van der Waals surface area contributed by atoms with Gasteiger partial charge in [-0.15, -0.1) is 0 Å². The molecule has 3 heteroatoms. The van der Waals surface area contributed by atoms with Crippen molar-refractivity contribution in [2.24, 2.45) is 5.73 Å². The van der Waals surface area contributed by atoms with E-state index in [0.717, 1.165) is 19.5 Å². The molecule has 0 aromatic carbocycles. The van der Waals surface area contributed by atoms with Crippen LogP contribution in [0.2, 0.25) is 0 Å². The molecule has 0 saturated heterocycles. The van der Waals surface area contributed by atoms with Gasteiger partial charge in [0.15, 0.2) is 0 Å². The molecule has 0 radical (unpaired) electrons. The lowest BCUT2D eigenvalue weighted by Crippen LogP contribution is -2.25. The third kappa shape index (κ3) is 5.88. The van der Waals surface area contributed by atoms with Gasteiger partial charge in [0.2, 0.25) is 0 Å². The second-order valence-electron chi connectivity index (χ2n) is 1.66. The number of nitrogens with one attached hydrogen (secondary N) is 2. The molecule has 0 aromatic rings. The molecule has 0 bridgehead atoms. The summed E-state index contributed by atoms with van der Waals surface area (Å²) in [6.45, 7) is 2.66. The number of rotatable bonds is 5. The van der Waals surface area contributed by atoms with Crippen LogP contribution in [0.25, 0.3) is 0 Å². The zero-order valence-electron chi connectivity index (χ0n) is 5.41. The highest BCUT2D eigenvalue weighted by Gasteiger charge is 1.80. The lowest BCUT2D eigenvalue weighted by Gasteiger charge is -1.98. The summed E-state index contributed by atoms with van der Waals surface area (Å²) >= 11 is 0. The summed E-state index contributed by atoms with van der Waals surface area (Å²) in [7, 11) is 1.95. The highest BCUT2D eigenvalue weighted by atomic mass is 14.9. The normalized spacial score (nSPS) is 9.75. The SMILES string of the molecule is CNCCCNCN. The summed E-state index contributed by atoms with van der Waals surface area (Å²) in [5.41, 5.74) is 5.18. The number of hydrogen-bond acceptors (Lipinski definition) is 3. The molecule has 0 unspecified atom stereocenters. The molecule has 8 heavy (non-hydrogen) atoms. The molecule has 0 saturated carbocycles. The third-order valence-electron chi connectivity index (χ3n) is 0.925. The Morgan fingerprint density at radius 2 is 2.12 bits per heavy atom. The molecule has 0 amide bonds. The molecule has 0 heterocycles. The van der Waals surface area contributed by atoms with Crippen molar-refractivity contribution in [3.8, 4) is 0 Å². The fourth-order valence-corrected chi connectivity index (χ4v) is 0.492. The van der Waals surface area contributed by atoms with Crippen molar-refractivity contribution in [1.29, 1.82) is 0 Å². The summed E-state index contributed by atoms with van der Waals surface area (Å²) in [5, 5.41) is 6.07. The van der Waals surface area contributed by atoms with E-state index in [2.05, 4.69) is 10.6 Å². The Kier molecular flexibility index (Phi) is 6.78. The van der Waals surface area contributed by atoms with E-state index in [1.807, 2.05) is 7.05 Å². The Hall–Kier alpha value is -0.120. The summed E-state index contributed by atoms with van der Waals surface area (Å²) in [6.07, 6.45) is 1.15. The van der Waals surface area contributed by atoms with Crippen LogP contribution in [0.15, 0.2) is 0 Å². The smallest absolute Gasteiger partial charge is 0.0428 e. The Labute approximate surface area is 50.6 Å². The molecule has 50 valence electrons. The zero-order chi connectivity index (χ0) is 6.24. The standard InChI is InChI=1S/C5H15N3/c1-7-3-2-4-8-5-6/h7-8H,2-6H2,1H3. The highest BCUT2D eigenvalue weighted by Crippen LogP contribution is 1.67. The summed E-state index contributed by atoms with van der Waals surface area (Å²) in [4.78, 5) is 0.